The van der Waals surface area contributed by atoms with Crippen LogP contribution in [0.4, 0.5) is 0 Å². The van der Waals surface area contributed by atoms with Crippen LogP contribution in [-0.4, -0.2) is 64.1 Å². The molecule has 9 heteroatoms. The molecule has 49 heavy (non-hydrogen) atoms. The predicted molar refractivity (Wildman–Crippen MR) is 203 cm³/mol. The molecule has 0 amide bonds. The third-order valence-corrected chi connectivity index (χ3v) is 9.22. The molecule has 1 unspecified atom stereocenters. The molecule has 2 atom stereocenters. The lowest BCUT2D eigenvalue weighted by molar-refractivity contribution is -0.870. The number of rotatable bonds is 36. The van der Waals surface area contributed by atoms with E-state index in [1.54, 1.807) is 6.26 Å². The van der Waals surface area contributed by atoms with Crippen LogP contribution >= 0.6 is 7.82 Å². The van der Waals surface area contributed by atoms with Crippen molar-refractivity contribution >= 4 is 13.8 Å². The second kappa shape index (κ2) is 33.7. The van der Waals surface area contributed by atoms with E-state index in [1.165, 1.54) is 83.5 Å². The van der Waals surface area contributed by atoms with Crippen LogP contribution in [-0.2, 0) is 27.9 Å². The minimum Gasteiger partial charge on any atom is -0.756 e. The van der Waals surface area contributed by atoms with E-state index in [0.29, 0.717) is 17.4 Å². The zero-order valence-electron chi connectivity index (χ0n) is 32.4. The fourth-order valence-corrected chi connectivity index (χ4v) is 5.76. The molecule has 0 aromatic rings. The Morgan fingerprint density at radius 3 is 1.63 bits per heavy atom. The summed E-state index contributed by atoms with van der Waals surface area (Å²) < 4.78 is 34.2. The molecule has 0 fully saturated rings. The van der Waals surface area contributed by atoms with Crippen molar-refractivity contribution < 1.29 is 37.3 Å². The molecule has 8 nitrogen and oxygen atoms in total. The monoisotopic (exact) mass is 714 g/mol. The van der Waals surface area contributed by atoms with Crippen molar-refractivity contribution in [2.24, 2.45) is 0 Å². The van der Waals surface area contributed by atoms with Crippen molar-refractivity contribution in [2.75, 3.05) is 47.5 Å². The molecule has 0 saturated heterocycles. The summed E-state index contributed by atoms with van der Waals surface area (Å²) in [5, 5.41) is 0. The molecule has 0 bridgehead atoms. The van der Waals surface area contributed by atoms with E-state index in [1.807, 2.05) is 27.2 Å². The van der Waals surface area contributed by atoms with Crippen LogP contribution in [0.1, 0.15) is 162 Å². The number of quaternary nitrogens is 1. The average molecular weight is 714 g/mol. The van der Waals surface area contributed by atoms with E-state index in [-0.39, 0.29) is 25.8 Å². The van der Waals surface area contributed by atoms with Gasteiger partial charge in [-0.25, -0.2) is 0 Å². The minimum atomic E-state index is -4.51. The highest BCUT2D eigenvalue weighted by molar-refractivity contribution is 7.45. The van der Waals surface area contributed by atoms with E-state index in [0.717, 1.165) is 57.8 Å². The van der Waals surface area contributed by atoms with Crippen LogP contribution in [0, 0.1) is 0 Å². The van der Waals surface area contributed by atoms with E-state index in [2.05, 4.69) is 38.2 Å². The van der Waals surface area contributed by atoms with Gasteiger partial charge in [-0.05, 0) is 70.3 Å². The summed E-state index contributed by atoms with van der Waals surface area (Å²) in [6.07, 6.45) is 38.2. The first kappa shape index (κ1) is 47.6. The number of phosphoric acid groups is 1. The van der Waals surface area contributed by atoms with Gasteiger partial charge in [-0.15, -0.1) is 0 Å². The van der Waals surface area contributed by atoms with Gasteiger partial charge in [0.1, 0.15) is 19.8 Å². The number of esters is 1. The number of hydrogen-bond acceptors (Lipinski definition) is 7. The summed E-state index contributed by atoms with van der Waals surface area (Å²) in [4.78, 5) is 24.7. The van der Waals surface area contributed by atoms with Gasteiger partial charge in [-0.3, -0.25) is 9.36 Å². The van der Waals surface area contributed by atoms with Crippen LogP contribution in [0.15, 0.2) is 36.6 Å². The van der Waals surface area contributed by atoms with Crippen LogP contribution in [0.3, 0.4) is 0 Å². The highest BCUT2D eigenvalue weighted by atomic mass is 31.2. The normalized spacial score (nSPS) is 14.2. The van der Waals surface area contributed by atoms with Gasteiger partial charge in [-0.2, -0.15) is 0 Å². The molecule has 0 aliphatic rings. The van der Waals surface area contributed by atoms with Crippen LogP contribution < -0.4 is 4.89 Å². The number of unbranched alkanes of at least 4 members (excludes halogenated alkanes) is 18. The number of nitrogens with zero attached hydrogens (tertiary/aromatic N) is 1. The Hall–Kier alpha value is -1.44. The summed E-state index contributed by atoms with van der Waals surface area (Å²) in [7, 11) is 1.35. The molecular weight excluding hydrogens is 637 g/mol. The molecule has 0 aromatic carbocycles. The highest BCUT2D eigenvalue weighted by Crippen LogP contribution is 2.38. The Balaban J connectivity index is 4.37. The highest BCUT2D eigenvalue weighted by Gasteiger charge is 2.19. The van der Waals surface area contributed by atoms with E-state index in [9.17, 15) is 14.3 Å². The maximum Gasteiger partial charge on any atom is 0.305 e. The molecule has 0 radical (unpaired) electrons. The topological polar surface area (TPSA) is 94.1 Å². The maximum atomic E-state index is 12.4. The molecule has 0 aliphatic heterocycles. The third kappa shape index (κ3) is 37.6. The van der Waals surface area contributed by atoms with Gasteiger partial charge in [0.15, 0.2) is 6.10 Å². The molecular formula is C40H76NO7P. The zero-order valence-corrected chi connectivity index (χ0v) is 33.3. The van der Waals surface area contributed by atoms with Gasteiger partial charge in [0.05, 0.1) is 34.0 Å². The van der Waals surface area contributed by atoms with Crippen molar-refractivity contribution in [3.63, 3.8) is 0 Å². The quantitative estimate of drug-likeness (QED) is 0.0159. The Kier molecular flexibility index (Phi) is 32.7. The Morgan fingerprint density at radius 1 is 0.633 bits per heavy atom. The van der Waals surface area contributed by atoms with Gasteiger partial charge < -0.3 is 27.9 Å². The maximum absolute atomic E-state index is 12.4. The predicted octanol–water partition coefficient (Wildman–Crippen LogP) is 10.8. The second-order valence-corrected chi connectivity index (χ2v) is 15.8. The van der Waals surface area contributed by atoms with Gasteiger partial charge in [0.25, 0.3) is 7.82 Å². The summed E-state index contributed by atoms with van der Waals surface area (Å²) in [5.74, 6) is -0.307. The lowest BCUT2D eigenvalue weighted by atomic mass is 10.1. The first-order valence-electron chi connectivity index (χ1n) is 19.8. The fourth-order valence-electron chi connectivity index (χ4n) is 5.03. The number of carbonyl (C=O) groups excluding carboxylic acids is 1. The Bertz CT molecular complexity index is 884. The van der Waals surface area contributed by atoms with Crippen molar-refractivity contribution in [1.29, 1.82) is 0 Å². The molecule has 0 spiro atoms. The summed E-state index contributed by atoms with van der Waals surface area (Å²) >= 11 is 0. The van der Waals surface area contributed by atoms with Gasteiger partial charge in [0.2, 0.25) is 0 Å². The molecule has 0 heterocycles. The number of phosphoric ester groups is 1. The van der Waals surface area contributed by atoms with Gasteiger partial charge >= 0.3 is 5.97 Å². The Morgan fingerprint density at radius 2 is 1.10 bits per heavy atom. The summed E-state index contributed by atoms with van der Waals surface area (Å²) in [5.41, 5.74) is 0. The second-order valence-electron chi connectivity index (χ2n) is 14.3. The number of likely N-dealkylation sites (N-methyl/N-ethyl adjacent to an activating group) is 1. The largest absolute Gasteiger partial charge is 0.756 e. The molecule has 288 valence electrons. The smallest absolute Gasteiger partial charge is 0.305 e. The lowest BCUT2D eigenvalue weighted by Gasteiger charge is -2.28. The standard InChI is InChI=1S/C40H76NO7P/c1-6-8-10-12-14-16-18-19-20-21-22-24-26-28-30-32-35-45-39(38-48-49(43,44)47-36-34-41(3,4)5)37-46-40(42)33-31-29-27-25-23-17-15-13-11-9-7-2/h13,15,19-20,32,35,39H,6-12,14,16-18,21-31,33-34,36-38H2,1-5H3/b15-13-,20-19-,35-32-/t39-/m1/s1. The molecule has 0 aromatic heterocycles. The van der Waals surface area contributed by atoms with Crippen molar-refractivity contribution in [3.05, 3.63) is 36.6 Å². The van der Waals surface area contributed by atoms with Gasteiger partial charge in [0, 0.05) is 6.42 Å². The molecule has 0 saturated carbocycles. The van der Waals surface area contributed by atoms with Crippen LogP contribution in [0.5, 0.6) is 0 Å². The molecule has 0 aliphatic carbocycles. The number of hydrogen-bond donors (Lipinski definition) is 0. The van der Waals surface area contributed by atoms with Gasteiger partial charge in [-0.1, -0.05) is 115 Å². The van der Waals surface area contributed by atoms with E-state index in [4.69, 9.17) is 18.5 Å². The van der Waals surface area contributed by atoms with Crippen LogP contribution in [0.25, 0.3) is 0 Å². The molecule has 0 rings (SSSR count). The zero-order chi connectivity index (χ0) is 36.3. The average Bonchev–Trinajstić information content (AvgIpc) is 3.05. The van der Waals surface area contributed by atoms with Crippen molar-refractivity contribution in [3.8, 4) is 0 Å². The first-order chi connectivity index (χ1) is 23.6. The minimum absolute atomic E-state index is 0.0236. The van der Waals surface area contributed by atoms with Crippen molar-refractivity contribution in [2.45, 2.75) is 168 Å². The van der Waals surface area contributed by atoms with Crippen LogP contribution in [0.2, 0.25) is 0 Å². The lowest BCUT2D eigenvalue weighted by Crippen LogP contribution is -2.37. The van der Waals surface area contributed by atoms with E-state index >= 15 is 0 Å². The van der Waals surface area contributed by atoms with E-state index < -0.39 is 13.9 Å². The number of ether oxygens (including phenoxy) is 2. The first-order valence-corrected chi connectivity index (χ1v) is 21.2. The number of carbonyl (C=O) groups is 1. The summed E-state index contributed by atoms with van der Waals surface area (Å²) in [6, 6.07) is 0. The summed E-state index contributed by atoms with van der Waals surface area (Å²) in [6.45, 7) is 4.63. The fraction of sp³-hybridized carbons (Fsp3) is 0.825. The Labute approximate surface area is 302 Å². The third-order valence-electron chi connectivity index (χ3n) is 8.25. The number of allylic oxidation sites excluding steroid dienone is 5. The SMILES string of the molecule is CCCC/C=C\CCCCCCCC(=O)OC[C@H](COP(=O)([O-])OCC[N+](C)(C)C)O/C=C\CCCCCC/C=C\CCCCCCCC. The van der Waals surface area contributed by atoms with Crippen molar-refractivity contribution in [1.82, 2.24) is 0 Å². The molecule has 0 N–H and O–H groups in total.